The molecule has 0 bridgehead atoms. The molecule has 0 radical (unpaired) electrons. The first-order chi connectivity index (χ1) is 9.72. The van der Waals surface area contributed by atoms with Gasteiger partial charge in [0.1, 0.15) is 17.5 Å². The van der Waals surface area contributed by atoms with Crippen LogP contribution >= 0.6 is 0 Å². The van der Waals surface area contributed by atoms with E-state index >= 15 is 0 Å². The minimum absolute atomic E-state index is 0.840. The highest BCUT2D eigenvalue weighted by atomic mass is 15.2. The van der Waals surface area contributed by atoms with Gasteiger partial charge in [0.05, 0.1) is 0 Å². The van der Waals surface area contributed by atoms with E-state index in [1.54, 1.807) is 0 Å². The van der Waals surface area contributed by atoms with Gasteiger partial charge in [-0.1, -0.05) is 37.3 Å². The van der Waals surface area contributed by atoms with Crippen LogP contribution in [0, 0.1) is 0 Å². The fourth-order valence-electron chi connectivity index (χ4n) is 2.08. The molecule has 1 aromatic carbocycles. The first kappa shape index (κ1) is 14.3. The van der Waals surface area contributed by atoms with Crippen molar-refractivity contribution in [3.8, 4) is 0 Å². The Morgan fingerprint density at radius 2 is 1.90 bits per heavy atom. The Hall–Kier alpha value is -2.10. The lowest BCUT2D eigenvalue weighted by Crippen LogP contribution is -2.19. The largest absolute Gasteiger partial charge is 0.373 e. The van der Waals surface area contributed by atoms with Gasteiger partial charge in [-0.25, -0.2) is 9.97 Å². The monoisotopic (exact) mass is 270 g/mol. The first-order valence-corrected chi connectivity index (χ1v) is 7.03. The molecule has 0 aliphatic rings. The molecule has 106 valence electrons. The number of hydrogen-bond acceptors (Lipinski definition) is 4. The topological polar surface area (TPSA) is 41.1 Å². The third kappa shape index (κ3) is 3.70. The van der Waals surface area contributed by atoms with Gasteiger partial charge < -0.3 is 10.2 Å². The molecule has 0 amide bonds. The van der Waals surface area contributed by atoms with Crippen molar-refractivity contribution in [2.24, 2.45) is 0 Å². The predicted molar refractivity (Wildman–Crippen MR) is 84.1 cm³/mol. The smallest absolute Gasteiger partial charge is 0.134 e. The minimum atomic E-state index is 0.840. The molecule has 0 saturated heterocycles. The summed E-state index contributed by atoms with van der Waals surface area (Å²) >= 11 is 0. The molecule has 0 aliphatic heterocycles. The van der Waals surface area contributed by atoms with E-state index in [0.717, 1.165) is 36.8 Å². The van der Waals surface area contributed by atoms with Gasteiger partial charge in [0.25, 0.3) is 0 Å². The number of nitrogens with one attached hydrogen (secondary N) is 1. The van der Waals surface area contributed by atoms with Gasteiger partial charge in [0.2, 0.25) is 0 Å². The summed E-state index contributed by atoms with van der Waals surface area (Å²) in [4.78, 5) is 11.3. The second-order valence-electron chi connectivity index (χ2n) is 4.87. The molecule has 1 aromatic heterocycles. The van der Waals surface area contributed by atoms with Crippen LogP contribution in [0.4, 0.5) is 11.6 Å². The molecule has 0 atom stereocenters. The molecule has 4 nitrogen and oxygen atoms in total. The number of hydrogen-bond donors (Lipinski definition) is 1. The van der Waals surface area contributed by atoms with Crippen molar-refractivity contribution in [1.82, 2.24) is 9.97 Å². The molecule has 0 spiro atoms. The average molecular weight is 270 g/mol. The SMILES string of the molecule is CCCc1nc(NC)cc(N(C)Cc2ccccc2)n1. The van der Waals surface area contributed by atoms with Gasteiger partial charge >= 0.3 is 0 Å². The Labute approximate surface area is 120 Å². The van der Waals surface area contributed by atoms with Crippen LogP contribution in [-0.4, -0.2) is 24.1 Å². The summed E-state index contributed by atoms with van der Waals surface area (Å²) in [7, 11) is 3.95. The Morgan fingerprint density at radius 1 is 1.15 bits per heavy atom. The van der Waals surface area contributed by atoms with Crippen LogP contribution in [0.15, 0.2) is 36.4 Å². The lowest BCUT2D eigenvalue weighted by atomic mass is 10.2. The number of anilines is 2. The van der Waals surface area contributed by atoms with Gasteiger partial charge in [0, 0.05) is 33.1 Å². The summed E-state index contributed by atoms with van der Waals surface area (Å²) in [5.74, 6) is 2.73. The number of nitrogens with zero attached hydrogens (tertiary/aromatic N) is 3. The van der Waals surface area contributed by atoms with E-state index in [1.807, 2.05) is 19.2 Å². The van der Waals surface area contributed by atoms with Crippen LogP contribution in [0.1, 0.15) is 24.7 Å². The maximum atomic E-state index is 4.64. The van der Waals surface area contributed by atoms with E-state index in [4.69, 9.17) is 0 Å². The zero-order chi connectivity index (χ0) is 14.4. The van der Waals surface area contributed by atoms with E-state index in [1.165, 1.54) is 5.56 Å². The molecular formula is C16H22N4. The summed E-state index contributed by atoms with van der Waals surface area (Å²) in [6.45, 7) is 2.98. The number of aromatic nitrogens is 2. The molecule has 0 saturated carbocycles. The standard InChI is InChI=1S/C16H22N4/c1-4-8-14-18-15(17-2)11-16(19-14)20(3)12-13-9-6-5-7-10-13/h5-7,9-11H,4,8,12H2,1-3H3,(H,17,18,19). The Morgan fingerprint density at radius 3 is 2.55 bits per heavy atom. The molecular weight excluding hydrogens is 248 g/mol. The highest BCUT2D eigenvalue weighted by Crippen LogP contribution is 2.17. The van der Waals surface area contributed by atoms with Crippen LogP contribution in [0.5, 0.6) is 0 Å². The van der Waals surface area contributed by atoms with E-state index in [-0.39, 0.29) is 0 Å². The summed E-state index contributed by atoms with van der Waals surface area (Å²) in [5, 5.41) is 3.11. The summed E-state index contributed by atoms with van der Waals surface area (Å²) in [5.41, 5.74) is 1.27. The molecule has 1 N–H and O–H groups in total. The van der Waals surface area contributed by atoms with E-state index in [9.17, 15) is 0 Å². The van der Waals surface area contributed by atoms with Gasteiger partial charge in [-0.15, -0.1) is 0 Å². The second kappa shape index (κ2) is 6.89. The third-order valence-corrected chi connectivity index (χ3v) is 3.14. The predicted octanol–water partition coefficient (Wildman–Crippen LogP) is 3.11. The average Bonchev–Trinajstić information content (AvgIpc) is 2.48. The van der Waals surface area contributed by atoms with Gasteiger partial charge in [-0.3, -0.25) is 0 Å². The molecule has 0 fully saturated rings. The van der Waals surface area contributed by atoms with Gasteiger partial charge in [-0.2, -0.15) is 0 Å². The normalized spacial score (nSPS) is 10.3. The molecule has 2 aromatic rings. The van der Waals surface area contributed by atoms with Crippen LogP contribution < -0.4 is 10.2 Å². The zero-order valence-corrected chi connectivity index (χ0v) is 12.4. The summed E-state index contributed by atoms with van der Waals surface area (Å²) in [6.07, 6.45) is 1.96. The summed E-state index contributed by atoms with van der Waals surface area (Å²) in [6, 6.07) is 12.4. The van der Waals surface area contributed by atoms with Crippen molar-refractivity contribution >= 4 is 11.6 Å². The third-order valence-electron chi connectivity index (χ3n) is 3.14. The second-order valence-corrected chi connectivity index (χ2v) is 4.87. The number of aryl methyl sites for hydroxylation is 1. The Balaban J connectivity index is 2.19. The van der Waals surface area contributed by atoms with Crippen molar-refractivity contribution in [3.05, 3.63) is 47.8 Å². The molecule has 4 heteroatoms. The van der Waals surface area contributed by atoms with Gasteiger partial charge in [-0.05, 0) is 12.0 Å². The molecule has 2 rings (SSSR count). The van der Waals surface area contributed by atoms with Crippen LogP contribution in [-0.2, 0) is 13.0 Å². The number of benzene rings is 1. The van der Waals surface area contributed by atoms with Crippen LogP contribution in [0.2, 0.25) is 0 Å². The summed E-state index contributed by atoms with van der Waals surface area (Å²) < 4.78 is 0. The van der Waals surface area contributed by atoms with Crippen molar-refractivity contribution in [2.75, 3.05) is 24.3 Å². The molecule has 0 unspecified atom stereocenters. The highest BCUT2D eigenvalue weighted by Gasteiger charge is 2.08. The van der Waals surface area contributed by atoms with Gasteiger partial charge in [0.15, 0.2) is 0 Å². The lowest BCUT2D eigenvalue weighted by molar-refractivity contribution is 0.813. The van der Waals surface area contributed by atoms with Crippen molar-refractivity contribution in [1.29, 1.82) is 0 Å². The van der Waals surface area contributed by atoms with E-state index < -0.39 is 0 Å². The molecule has 1 heterocycles. The number of rotatable bonds is 6. The van der Waals surface area contributed by atoms with Crippen molar-refractivity contribution in [2.45, 2.75) is 26.3 Å². The first-order valence-electron chi connectivity index (χ1n) is 7.03. The van der Waals surface area contributed by atoms with Crippen LogP contribution in [0.25, 0.3) is 0 Å². The maximum Gasteiger partial charge on any atom is 0.134 e. The highest BCUT2D eigenvalue weighted by molar-refractivity contribution is 5.49. The Kier molecular flexibility index (Phi) is 4.93. The fraction of sp³-hybridized carbons (Fsp3) is 0.375. The van der Waals surface area contributed by atoms with Crippen LogP contribution in [0.3, 0.4) is 0 Å². The van der Waals surface area contributed by atoms with E-state index in [2.05, 4.69) is 58.4 Å². The minimum Gasteiger partial charge on any atom is -0.373 e. The van der Waals surface area contributed by atoms with Crippen molar-refractivity contribution in [3.63, 3.8) is 0 Å². The molecule has 0 aliphatic carbocycles. The Bertz CT molecular complexity index is 539. The zero-order valence-electron chi connectivity index (χ0n) is 12.4. The lowest BCUT2D eigenvalue weighted by Gasteiger charge is -2.19. The van der Waals surface area contributed by atoms with E-state index in [0.29, 0.717) is 0 Å². The molecule has 20 heavy (non-hydrogen) atoms. The van der Waals surface area contributed by atoms with Crippen molar-refractivity contribution < 1.29 is 0 Å². The maximum absolute atomic E-state index is 4.64. The fourth-order valence-corrected chi connectivity index (χ4v) is 2.08. The quantitative estimate of drug-likeness (QED) is 0.875.